The van der Waals surface area contributed by atoms with Crippen molar-refractivity contribution in [2.45, 2.75) is 18.9 Å². The number of hydrogen-bond acceptors (Lipinski definition) is 8. The Labute approximate surface area is 236 Å². The van der Waals surface area contributed by atoms with Crippen LogP contribution < -0.4 is 10.1 Å². The number of aromatic amines is 1. The maximum absolute atomic E-state index is 13.7. The second-order valence-electron chi connectivity index (χ2n) is 10.3. The van der Waals surface area contributed by atoms with Crippen molar-refractivity contribution in [3.8, 4) is 28.4 Å². The number of hydrogen-bond donors (Lipinski definition) is 2. The molecule has 4 aromatic rings. The molecule has 2 amide bonds. The number of carbonyl (C=O) groups excluding carboxylic acids is 3. The van der Waals surface area contributed by atoms with Crippen LogP contribution in [0.25, 0.3) is 22.6 Å². The molecule has 0 saturated carbocycles. The van der Waals surface area contributed by atoms with Crippen LogP contribution in [0.15, 0.2) is 54.9 Å². The standard InChI is InChI=1S/C30H29N7O4/c1-36(2)29(39)23-13-22(34-35-23)26-27-25(24(41-3)15-33-26)20(14-32-27)28(38)30(40)37-12-10-18-17(16-37)7-6-8-19(18)21-9-4-5-11-31-21/h4-9,11,13,15,20,32H,10,12,14,16H2,1-3H3,(H,34,35). The maximum Gasteiger partial charge on any atom is 0.290 e. The highest BCUT2D eigenvalue weighted by Gasteiger charge is 2.40. The summed E-state index contributed by atoms with van der Waals surface area (Å²) in [7, 11) is 4.81. The lowest BCUT2D eigenvalue weighted by atomic mass is 9.91. The van der Waals surface area contributed by atoms with Gasteiger partial charge >= 0.3 is 0 Å². The number of ether oxygens (including phenoxy) is 1. The molecule has 6 rings (SSSR count). The van der Waals surface area contributed by atoms with E-state index in [1.54, 1.807) is 31.3 Å². The Kier molecular flexibility index (Phi) is 6.70. The monoisotopic (exact) mass is 551 g/mol. The number of fused-ring (bicyclic) bond motifs is 2. The Bertz CT molecular complexity index is 1660. The number of aromatic nitrogens is 4. The van der Waals surface area contributed by atoms with Gasteiger partial charge in [0.2, 0.25) is 5.78 Å². The van der Waals surface area contributed by atoms with Crippen LogP contribution in [0.1, 0.15) is 33.1 Å². The summed E-state index contributed by atoms with van der Waals surface area (Å²) in [4.78, 5) is 51.7. The van der Waals surface area contributed by atoms with E-state index in [1.807, 2.05) is 36.4 Å². The molecule has 3 aromatic heterocycles. The molecule has 41 heavy (non-hydrogen) atoms. The minimum absolute atomic E-state index is 0.219. The lowest BCUT2D eigenvalue weighted by Crippen LogP contribution is -2.42. The molecule has 0 fully saturated rings. The summed E-state index contributed by atoms with van der Waals surface area (Å²) < 4.78 is 5.56. The van der Waals surface area contributed by atoms with Crippen molar-refractivity contribution in [1.29, 1.82) is 0 Å². The molecule has 0 spiro atoms. The summed E-state index contributed by atoms with van der Waals surface area (Å²) >= 11 is 0. The van der Waals surface area contributed by atoms with Crippen LogP contribution in [-0.4, -0.2) is 81.9 Å². The van der Waals surface area contributed by atoms with Crippen molar-refractivity contribution >= 4 is 23.3 Å². The number of Topliss-reactive ketones (excluding diaryl/α,β-unsaturated/α-hetero) is 1. The van der Waals surface area contributed by atoms with Gasteiger partial charge < -0.3 is 19.9 Å². The number of nitrogens with zero attached hydrogens (tertiary/aromatic N) is 5. The fourth-order valence-electron chi connectivity index (χ4n) is 5.56. The van der Waals surface area contributed by atoms with E-state index in [2.05, 4.69) is 25.5 Å². The zero-order valence-electron chi connectivity index (χ0n) is 23.0. The quantitative estimate of drug-likeness (QED) is 0.350. The van der Waals surface area contributed by atoms with Gasteiger partial charge in [-0.15, -0.1) is 0 Å². The number of methoxy groups -OCH3 is 1. The van der Waals surface area contributed by atoms with Crippen LogP contribution in [0.3, 0.4) is 0 Å². The third kappa shape index (κ3) is 4.58. The first-order chi connectivity index (χ1) is 19.9. The molecule has 11 heteroatoms. The van der Waals surface area contributed by atoms with Crippen molar-refractivity contribution in [3.63, 3.8) is 0 Å². The maximum atomic E-state index is 13.7. The molecule has 0 aliphatic carbocycles. The molecule has 1 unspecified atom stereocenters. The number of benzene rings is 1. The second kappa shape index (κ2) is 10.5. The lowest BCUT2D eigenvalue weighted by molar-refractivity contribution is -0.145. The van der Waals surface area contributed by atoms with Gasteiger partial charge in [0, 0.05) is 51.1 Å². The second-order valence-corrected chi connectivity index (χ2v) is 10.3. The number of pyridine rings is 2. The number of ketones is 1. The Balaban J connectivity index is 1.26. The summed E-state index contributed by atoms with van der Waals surface area (Å²) in [5.41, 5.74) is 6.45. The van der Waals surface area contributed by atoms with E-state index in [9.17, 15) is 14.4 Å². The Morgan fingerprint density at radius 3 is 2.68 bits per heavy atom. The minimum Gasteiger partial charge on any atom is -0.495 e. The summed E-state index contributed by atoms with van der Waals surface area (Å²) in [5.74, 6) is -1.61. The summed E-state index contributed by atoms with van der Waals surface area (Å²) in [5, 5.41) is 10.3. The highest BCUT2D eigenvalue weighted by Crippen LogP contribution is 2.44. The molecule has 1 aromatic carbocycles. The van der Waals surface area contributed by atoms with Gasteiger partial charge in [-0.2, -0.15) is 5.10 Å². The van der Waals surface area contributed by atoms with E-state index in [0.717, 1.165) is 22.4 Å². The normalized spacial score (nSPS) is 15.5. The van der Waals surface area contributed by atoms with Crippen LogP contribution >= 0.6 is 0 Å². The molecule has 1 atom stereocenters. The smallest absolute Gasteiger partial charge is 0.290 e. The summed E-state index contributed by atoms with van der Waals surface area (Å²) in [6.45, 7) is 1.00. The van der Waals surface area contributed by atoms with Crippen LogP contribution in [-0.2, 0) is 22.6 Å². The molecule has 2 aliphatic heterocycles. The molecule has 0 saturated heterocycles. The van der Waals surface area contributed by atoms with Gasteiger partial charge in [-0.05, 0) is 35.7 Å². The van der Waals surface area contributed by atoms with Gasteiger partial charge in [0.15, 0.2) is 0 Å². The number of rotatable bonds is 6. The first-order valence-corrected chi connectivity index (χ1v) is 13.3. The molecule has 5 heterocycles. The van der Waals surface area contributed by atoms with Crippen LogP contribution in [0, 0.1) is 0 Å². The highest BCUT2D eigenvalue weighted by molar-refractivity contribution is 6.38. The Morgan fingerprint density at radius 2 is 1.93 bits per heavy atom. The van der Waals surface area contributed by atoms with Crippen molar-refractivity contribution in [2.24, 2.45) is 0 Å². The zero-order valence-corrected chi connectivity index (χ0v) is 23.0. The van der Waals surface area contributed by atoms with E-state index >= 15 is 0 Å². The van der Waals surface area contributed by atoms with Crippen molar-refractivity contribution < 1.29 is 19.1 Å². The zero-order chi connectivity index (χ0) is 28.7. The van der Waals surface area contributed by atoms with Gasteiger partial charge in [-0.3, -0.25) is 24.5 Å². The van der Waals surface area contributed by atoms with Gasteiger partial charge in [0.25, 0.3) is 11.8 Å². The van der Waals surface area contributed by atoms with E-state index < -0.39 is 17.6 Å². The minimum atomic E-state index is -0.753. The van der Waals surface area contributed by atoms with Gasteiger partial charge in [-0.1, -0.05) is 24.3 Å². The molecule has 0 radical (unpaired) electrons. The first kappa shape index (κ1) is 26.2. The molecule has 11 nitrogen and oxygen atoms in total. The van der Waals surface area contributed by atoms with Crippen molar-refractivity contribution in [1.82, 2.24) is 30.0 Å². The number of amides is 2. The Morgan fingerprint density at radius 1 is 1.07 bits per heavy atom. The lowest BCUT2D eigenvalue weighted by Gasteiger charge is -2.30. The largest absolute Gasteiger partial charge is 0.495 e. The predicted molar refractivity (Wildman–Crippen MR) is 151 cm³/mol. The number of anilines is 1. The van der Waals surface area contributed by atoms with Crippen LogP contribution in [0.2, 0.25) is 0 Å². The van der Waals surface area contributed by atoms with Crippen molar-refractivity contribution in [2.75, 3.05) is 39.6 Å². The summed E-state index contributed by atoms with van der Waals surface area (Å²) in [6, 6.07) is 13.4. The van der Waals surface area contributed by atoms with Crippen LogP contribution in [0.5, 0.6) is 5.75 Å². The van der Waals surface area contributed by atoms with Crippen molar-refractivity contribution in [3.05, 3.63) is 77.2 Å². The third-order valence-electron chi connectivity index (χ3n) is 7.61. The van der Waals surface area contributed by atoms with Gasteiger partial charge in [-0.25, -0.2) is 4.98 Å². The fraction of sp³-hybridized carbons (Fsp3) is 0.267. The number of H-pyrrole nitrogens is 1. The topological polar surface area (TPSA) is 133 Å². The average Bonchev–Trinajstić information content (AvgIpc) is 3.68. The molecular weight excluding hydrogens is 522 g/mol. The molecule has 208 valence electrons. The molecule has 2 aliphatic rings. The Hall–Kier alpha value is -5.06. The number of nitrogens with one attached hydrogen (secondary N) is 2. The molecule has 0 bridgehead atoms. The average molecular weight is 552 g/mol. The van der Waals surface area contributed by atoms with E-state index in [-0.39, 0.29) is 12.5 Å². The molecule has 2 N–H and O–H groups in total. The third-order valence-corrected chi connectivity index (χ3v) is 7.61. The fourth-order valence-corrected chi connectivity index (χ4v) is 5.56. The van der Waals surface area contributed by atoms with E-state index in [0.29, 0.717) is 53.6 Å². The van der Waals surface area contributed by atoms with Crippen LogP contribution in [0.4, 0.5) is 5.69 Å². The number of carbonyl (C=O) groups is 3. The molecular formula is C30H29N7O4. The van der Waals surface area contributed by atoms with Gasteiger partial charge in [0.1, 0.15) is 22.8 Å². The highest BCUT2D eigenvalue weighted by atomic mass is 16.5. The first-order valence-electron chi connectivity index (χ1n) is 13.3. The van der Waals surface area contributed by atoms with E-state index in [1.165, 1.54) is 18.2 Å². The van der Waals surface area contributed by atoms with Gasteiger partial charge in [0.05, 0.1) is 30.6 Å². The van der Waals surface area contributed by atoms with E-state index in [4.69, 9.17) is 4.74 Å². The predicted octanol–water partition coefficient (Wildman–Crippen LogP) is 2.91. The SMILES string of the molecule is COc1cnc(-c2cc(C(=O)N(C)C)[nH]n2)c2c1C(C(=O)C(=O)N1CCc3c(cccc3-c3ccccn3)C1)CN2. The summed E-state index contributed by atoms with van der Waals surface area (Å²) in [6.07, 6.45) is 3.92.